The van der Waals surface area contributed by atoms with Crippen molar-refractivity contribution < 1.29 is 43.5 Å². The zero-order valence-corrected chi connectivity index (χ0v) is 22.3. The quantitative estimate of drug-likeness (QED) is 0.180. The summed E-state index contributed by atoms with van der Waals surface area (Å²) < 4.78 is 31.5. The number of carbonyl (C=O) groups excluding carboxylic acids is 1. The Kier molecular flexibility index (Phi) is 7.44. The number of nitrogens with zero attached hydrogens (tertiary/aromatic N) is 1. The van der Waals surface area contributed by atoms with E-state index < -0.39 is 59.1 Å². The maximum atomic E-state index is 13.6. The summed E-state index contributed by atoms with van der Waals surface area (Å²) in [6.45, 7) is -1.42. The van der Waals surface area contributed by atoms with Crippen molar-refractivity contribution in [3.8, 4) is 0 Å². The molecule has 2 heterocycles. The first-order valence-corrected chi connectivity index (χ1v) is 14.4. The highest BCUT2D eigenvalue weighted by atomic mass is 32.2. The highest BCUT2D eigenvalue weighted by molar-refractivity contribution is 7.90. The topological polar surface area (TPSA) is 179 Å². The minimum absolute atomic E-state index is 0.0568. The van der Waals surface area contributed by atoms with Crippen molar-refractivity contribution >= 4 is 37.4 Å². The van der Waals surface area contributed by atoms with E-state index in [4.69, 9.17) is 4.74 Å². The van der Waals surface area contributed by atoms with E-state index in [1.807, 2.05) is 42.5 Å². The van der Waals surface area contributed by atoms with Crippen LogP contribution < -0.4 is 5.32 Å². The van der Waals surface area contributed by atoms with Crippen LogP contribution in [0.25, 0.3) is 21.7 Å². The van der Waals surface area contributed by atoms with Crippen molar-refractivity contribution in [3.05, 3.63) is 78.0 Å². The minimum atomic E-state index is -3.57. The van der Waals surface area contributed by atoms with E-state index in [2.05, 4.69) is 5.32 Å². The van der Waals surface area contributed by atoms with Crippen molar-refractivity contribution in [3.63, 3.8) is 0 Å². The van der Waals surface area contributed by atoms with Gasteiger partial charge in [0.15, 0.2) is 16.1 Å². The summed E-state index contributed by atoms with van der Waals surface area (Å²) >= 11 is 0. The molecule has 0 spiro atoms. The van der Waals surface area contributed by atoms with Gasteiger partial charge in [-0.2, -0.15) is 0 Å². The Hall–Kier alpha value is -3.36. The standard InChI is InChI=1S/C28H30N2O9S/c1-40(37,38)19-8-9-20-21(26(35)29-28(15-32)25(34)24(33)23(14-31)39-27(28)36)13-30(22(20)11-19)12-16-6-7-17-4-2-3-5-18(17)10-16/h2-11,13,23-25,27,31-34,36H,12,14-15H2,1H3,(H,29,35)/t23-,24-,25+,27?,28-/m1/s1. The van der Waals surface area contributed by atoms with E-state index in [0.717, 1.165) is 22.6 Å². The molecule has 12 heteroatoms. The Morgan fingerprint density at radius 2 is 1.75 bits per heavy atom. The number of aromatic nitrogens is 1. The highest BCUT2D eigenvalue weighted by Gasteiger charge is 2.56. The first kappa shape index (κ1) is 28.2. The third kappa shape index (κ3) is 4.88. The molecule has 1 fully saturated rings. The Bertz CT molecular complexity index is 1690. The summed E-state index contributed by atoms with van der Waals surface area (Å²) in [5.74, 6) is -0.820. The van der Waals surface area contributed by atoms with Gasteiger partial charge in [0, 0.05) is 24.4 Å². The van der Waals surface area contributed by atoms with E-state index in [-0.39, 0.29) is 17.0 Å². The molecule has 1 aliphatic heterocycles. The highest BCUT2D eigenvalue weighted by Crippen LogP contribution is 2.31. The minimum Gasteiger partial charge on any atom is -0.394 e. The summed E-state index contributed by atoms with van der Waals surface area (Å²) in [6, 6.07) is 18.0. The normalized spacial score (nSPS) is 25.4. The van der Waals surface area contributed by atoms with Crippen molar-refractivity contribution in [2.45, 2.75) is 41.6 Å². The third-order valence-electron chi connectivity index (χ3n) is 7.46. The summed E-state index contributed by atoms with van der Waals surface area (Å²) in [5.41, 5.74) is -0.798. The van der Waals surface area contributed by atoms with Crippen molar-refractivity contribution in [2.75, 3.05) is 19.5 Å². The van der Waals surface area contributed by atoms with Crippen molar-refractivity contribution in [1.82, 2.24) is 9.88 Å². The number of aliphatic hydroxyl groups is 5. The molecule has 1 saturated heterocycles. The molecule has 1 unspecified atom stereocenters. The van der Waals surface area contributed by atoms with Gasteiger partial charge in [-0.05, 0) is 34.5 Å². The number of amides is 1. The fourth-order valence-electron chi connectivity index (χ4n) is 5.15. The molecule has 0 saturated carbocycles. The molecule has 0 aliphatic carbocycles. The molecule has 1 amide bonds. The monoisotopic (exact) mass is 570 g/mol. The van der Waals surface area contributed by atoms with Gasteiger partial charge in [0.25, 0.3) is 5.91 Å². The first-order valence-electron chi connectivity index (χ1n) is 12.5. The van der Waals surface area contributed by atoms with Crippen LogP contribution in [0.2, 0.25) is 0 Å². The molecule has 1 aromatic heterocycles. The molecular formula is C28H30N2O9S. The van der Waals surface area contributed by atoms with Gasteiger partial charge in [0.1, 0.15) is 23.9 Å². The van der Waals surface area contributed by atoms with E-state index in [0.29, 0.717) is 10.9 Å². The van der Waals surface area contributed by atoms with Gasteiger partial charge in [0.05, 0.1) is 29.2 Å². The predicted molar refractivity (Wildman–Crippen MR) is 145 cm³/mol. The number of sulfone groups is 1. The second-order valence-electron chi connectivity index (χ2n) is 10.1. The molecule has 5 atom stereocenters. The molecule has 212 valence electrons. The van der Waals surface area contributed by atoms with Crippen LogP contribution in [0.15, 0.2) is 71.8 Å². The molecule has 5 rings (SSSR count). The van der Waals surface area contributed by atoms with Gasteiger partial charge in [-0.15, -0.1) is 0 Å². The number of rotatable bonds is 7. The lowest BCUT2D eigenvalue weighted by Crippen LogP contribution is -2.74. The molecule has 3 aromatic carbocycles. The van der Waals surface area contributed by atoms with Crippen LogP contribution in [0.4, 0.5) is 0 Å². The van der Waals surface area contributed by atoms with Crippen LogP contribution in [0.5, 0.6) is 0 Å². The Morgan fingerprint density at radius 3 is 2.42 bits per heavy atom. The smallest absolute Gasteiger partial charge is 0.254 e. The summed E-state index contributed by atoms with van der Waals surface area (Å²) in [7, 11) is -3.57. The maximum absolute atomic E-state index is 13.6. The zero-order valence-electron chi connectivity index (χ0n) is 21.5. The van der Waals surface area contributed by atoms with E-state index in [9.17, 15) is 38.7 Å². The molecule has 1 aliphatic rings. The lowest BCUT2D eigenvalue weighted by atomic mass is 9.83. The zero-order chi connectivity index (χ0) is 28.8. The molecule has 11 nitrogen and oxygen atoms in total. The predicted octanol–water partition coefficient (Wildman–Crippen LogP) is 0.139. The largest absolute Gasteiger partial charge is 0.394 e. The number of aliphatic hydroxyl groups excluding tert-OH is 5. The second-order valence-corrected chi connectivity index (χ2v) is 12.1. The molecule has 4 aromatic rings. The fourth-order valence-corrected chi connectivity index (χ4v) is 5.79. The third-order valence-corrected chi connectivity index (χ3v) is 8.57. The molecular weight excluding hydrogens is 540 g/mol. The molecule has 0 radical (unpaired) electrons. The van der Waals surface area contributed by atoms with Crippen LogP contribution in [-0.4, -0.2) is 94.0 Å². The van der Waals surface area contributed by atoms with Gasteiger partial charge < -0.3 is 40.2 Å². The van der Waals surface area contributed by atoms with E-state index >= 15 is 0 Å². The summed E-state index contributed by atoms with van der Waals surface area (Å²) in [5, 5.41) is 56.0. The van der Waals surface area contributed by atoms with Gasteiger partial charge >= 0.3 is 0 Å². The Morgan fingerprint density at radius 1 is 1.02 bits per heavy atom. The number of hydrogen-bond acceptors (Lipinski definition) is 9. The van der Waals surface area contributed by atoms with Crippen molar-refractivity contribution in [1.29, 1.82) is 0 Å². The number of ether oxygens (including phenoxy) is 1. The fraction of sp³-hybridized carbons (Fsp3) is 0.321. The average Bonchev–Trinajstić information content (AvgIpc) is 3.30. The van der Waals surface area contributed by atoms with Crippen LogP contribution in [0, 0.1) is 0 Å². The SMILES string of the molecule is CS(=O)(=O)c1ccc2c(C(=O)N[C@@]3(CO)C(O)O[C@H](CO)[C@@H](O)[C@@H]3O)cn(Cc3ccc4ccccc4c3)c2c1. The lowest BCUT2D eigenvalue weighted by molar-refractivity contribution is -0.288. The number of nitrogens with one attached hydrogen (secondary N) is 1. The van der Waals surface area contributed by atoms with Gasteiger partial charge in [-0.3, -0.25) is 4.79 Å². The number of carbonyl (C=O) groups is 1. The Balaban J connectivity index is 1.57. The number of benzene rings is 3. The van der Waals surface area contributed by atoms with E-state index in [1.165, 1.54) is 24.4 Å². The van der Waals surface area contributed by atoms with E-state index in [1.54, 1.807) is 4.57 Å². The maximum Gasteiger partial charge on any atom is 0.254 e. The Labute approximate surface area is 229 Å². The summed E-state index contributed by atoms with van der Waals surface area (Å²) in [6.07, 6.45) is -4.29. The van der Waals surface area contributed by atoms with Gasteiger partial charge in [-0.25, -0.2) is 8.42 Å². The summed E-state index contributed by atoms with van der Waals surface area (Å²) in [4.78, 5) is 13.7. The lowest BCUT2D eigenvalue weighted by Gasteiger charge is -2.48. The average molecular weight is 571 g/mol. The first-order chi connectivity index (χ1) is 19.0. The number of hydrogen-bond donors (Lipinski definition) is 6. The van der Waals surface area contributed by atoms with Crippen LogP contribution in [0.3, 0.4) is 0 Å². The van der Waals surface area contributed by atoms with Crippen LogP contribution in [0.1, 0.15) is 15.9 Å². The van der Waals surface area contributed by atoms with Gasteiger partial charge in [-0.1, -0.05) is 42.5 Å². The van der Waals surface area contributed by atoms with Crippen LogP contribution in [-0.2, 0) is 21.1 Å². The molecule has 0 bridgehead atoms. The second kappa shape index (κ2) is 10.6. The van der Waals surface area contributed by atoms with Crippen molar-refractivity contribution in [2.24, 2.45) is 0 Å². The van der Waals surface area contributed by atoms with Crippen LogP contribution >= 0.6 is 0 Å². The molecule has 6 N–H and O–H groups in total. The van der Waals surface area contributed by atoms with Gasteiger partial charge in [0.2, 0.25) is 0 Å². The number of fused-ring (bicyclic) bond motifs is 2. The molecule has 40 heavy (non-hydrogen) atoms.